The Kier molecular flexibility index (Phi) is 8.88. The largest absolute Gasteiger partial charge is 0.478 e. The molecule has 2 rings (SSSR count). The molecule has 0 radical (unpaired) electrons. The highest BCUT2D eigenvalue weighted by molar-refractivity contribution is 7.48. The van der Waals surface area contributed by atoms with Crippen molar-refractivity contribution in [1.29, 1.82) is 0 Å². The lowest BCUT2D eigenvalue weighted by molar-refractivity contribution is -0.150. The molecule has 1 aromatic rings. The van der Waals surface area contributed by atoms with E-state index in [0.29, 0.717) is 19.4 Å². The highest BCUT2D eigenvalue weighted by Crippen LogP contribution is 2.55. The molecule has 180 valence electrons. The van der Waals surface area contributed by atoms with E-state index in [1.807, 2.05) is 30.3 Å². The molecule has 0 aliphatic carbocycles. The van der Waals surface area contributed by atoms with Crippen LogP contribution >= 0.6 is 7.82 Å². The number of phosphoric acid groups is 1. The van der Waals surface area contributed by atoms with E-state index in [2.05, 4.69) is 0 Å². The average molecular weight is 471 g/mol. The van der Waals surface area contributed by atoms with Crippen LogP contribution in [-0.4, -0.2) is 47.5 Å². The Balaban J connectivity index is 1.91. The van der Waals surface area contributed by atoms with E-state index in [-0.39, 0.29) is 6.61 Å². The molecule has 0 N–H and O–H groups in total. The molecule has 0 spiro atoms. The third kappa shape index (κ3) is 8.90. The fraction of sp³-hybridized carbons (Fsp3) is 0.636. The summed E-state index contributed by atoms with van der Waals surface area (Å²) in [5.74, 6) is -0.498. The molecule has 1 amide bonds. The van der Waals surface area contributed by atoms with Gasteiger partial charge in [-0.1, -0.05) is 30.3 Å². The number of ether oxygens (including phenoxy) is 2. The monoisotopic (exact) mass is 471 g/mol. The van der Waals surface area contributed by atoms with E-state index in [4.69, 9.17) is 23.0 Å². The number of rotatable bonds is 8. The van der Waals surface area contributed by atoms with Crippen molar-refractivity contribution in [3.05, 3.63) is 35.9 Å². The van der Waals surface area contributed by atoms with Crippen LogP contribution in [0, 0.1) is 0 Å². The van der Waals surface area contributed by atoms with Gasteiger partial charge in [-0.05, 0) is 59.9 Å². The van der Waals surface area contributed by atoms with Crippen molar-refractivity contribution in [2.24, 2.45) is 0 Å². The van der Waals surface area contributed by atoms with Gasteiger partial charge in [-0.15, -0.1) is 0 Å². The summed E-state index contributed by atoms with van der Waals surface area (Å²) in [5.41, 5.74) is -0.768. The Morgan fingerprint density at radius 1 is 1.00 bits per heavy atom. The van der Waals surface area contributed by atoms with Gasteiger partial charge in [0.2, 0.25) is 6.79 Å². The van der Waals surface area contributed by atoms with E-state index in [1.54, 1.807) is 41.5 Å². The third-order valence-corrected chi connectivity index (χ3v) is 6.11. The lowest BCUT2D eigenvalue weighted by Crippen LogP contribution is -2.41. The van der Waals surface area contributed by atoms with Crippen LogP contribution in [0.15, 0.2) is 30.3 Å². The van der Waals surface area contributed by atoms with Gasteiger partial charge < -0.3 is 9.47 Å². The van der Waals surface area contributed by atoms with Gasteiger partial charge >= 0.3 is 19.9 Å². The molecule has 1 aromatic carbocycles. The molecule has 1 fully saturated rings. The van der Waals surface area contributed by atoms with E-state index < -0.39 is 43.9 Å². The van der Waals surface area contributed by atoms with Crippen LogP contribution in [-0.2, 0) is 39.0 Å². The number of nitrogens with zero attached hydrogens (tertiary/aromatic N) is 1. The normalized spacial score (nSPS) is 17.3. The molecule has 1 heterocycles. The molecule has 1 aliphatic rings. The fourth-order valence-corrected chi connectivity index (χ4v) is 4.69. The molecular weight excluding hydrogens is 437 g/mol. The van der Waals surface area contributed by atoms with Gasteiger partial charge in [0.25, 0.3) is 0 Å². The lowest BCUT2D eigenvalue weighted by atomic mass is 10.2. The predicted octanol–water partition coefficient (Wildman–Crippen LogP) is 5.04. The first-order valence-corrected chi connectivity index (χ1v) is 12.0. The zero-order valence-corrected chi connectivity index (χ0v) is 20.6. The highest BCUT2D eigenvalue weighted by atomic mass is 31.2. The van der Waals surface area contributed by atoms with Crippen LogP contribution in [0.3, 0.4) is 0 Å². The second-order valence-electron chi connectivity index (χ2n) is 9.46. The maximum atomic E-state index is 13.0. The van der Waals surface area contributed by atoms with Crippen molar-refractivity contribution >= 4 is 19.9 Å². The number of hydrogen-bond donors (Lipinski definition) is 0. The highest BCUT2D eigenvalue weighted by Gasteiger charge is 2.39. The van der Waals surface area contributed by atoms with Crippen LogP contribution < -0.4 is 0 Å². The number of carbonyl (C=O) groups is 2. The van der Waals surface area contributed by atoms with Crippen LogP contribution in [0.5, 0.6) is 0 Å². The zero-order chi connectivity index (χ0) is 24.0. The summed E-state index contributed by atoms with van der Waals surface area (Å²) in [6.45, 7) is 10.1. The molecule has 0 unspecified atom stereocenters. The zero-order valence-electron chi connectivity index (χ0n) is 19.7. The second kappa shape index (κ2) is 10.8. The lowest BCUT2D eigenvalue weighted by Gasteiger charge is -2.30. The van der Waals surface area contributed by atoms with Gasteiger partial charge in [0.05, 0.1) is 11.2 Å². The number of likely N-dealkylation sites (tertiary alicyclic amines) is 1. The Morgan fingerprint density at radius 2 is 1.59 bits per heavy atom. The topological polar surface area (TPSA) is 101 Å². The first-order chi connectivity index (χ1) is 14.8. The van der Waals surface area contributed by atoms with Crippen LogP contribution in [0.2, 0.25) is 0 Å². The van der Waals surface area contributed by atoms with Gasteiger partial charge in [-0.2, -0.15) is 0 Å². The summed E-state index contributed by atoms with van der Waals surface area (Å²) >= 11 is 0. The van der Waals surface area contributed by atoms with Crippen molar-refractivity contribution in [3.63, 3.8) is 0 Å². The van der Waals surface area contributed by atoms with Gasteiger partial charge in [0, 0.05) is 6.54 Å². The fourth-order valence-electron chi connectivity index (χ4n) is 3.02. The van der Waals surface area contributed by atoms with Gasteiger partial charge in [-0.3, -0.25) is 13.9 Å². The van der Waals surface area contributed by atoms with Crippen LogP contribution in [0.1, 0.15) is 59.9 Å². The third-order valence-electron chi connectivity index (χ3n) is 4.15. The maximum absolute atomic E-state index is 13.0. The second-order valence-corrected chi connectivity index (χ2v) is 11.0. The number of benzene rings is 1. The van der Waals surface area contributed by atoms with E-state index in [9.17, 15) is 14.2 Å². The molecule has 0 saturated carbocycles. The summed E-state index contributed by atoms with van der Waals surface area (Å²) in [7, 11) is -4.02. The van der Waals surface area contributed by atoms with Gasteiger partial charge in [0.15, 0.2) is 0 Å². The number of hydrogen-bond acceptors (Lipinski definition) is 8. The molecule has 1 aliphatic heterocycles. The summed E-state index contributed by atoms with van der Waals surface area (Å²) in [6, 6.07) is 8.54. The van der Waals surface area contributed by atoms with Crippen LogP contribution in [0.25, 0.3) is 0 Å². The van der Waals surface area contributed by atoms with Crippen molar-refractivity contribution in [3.8, 4) is 0 Å². The van der Waals surface area contributed by atoms with Gasteiger partial charge in [0.1, 0.15) is 12.6 Å². The maximum Gasteiger partial charge on any atom is 0.478 e. The first kappa shape index (κ1) is 26.3. The predicted molar refractivity (Wildman–Crippen MR) is 118 cm³/mol. The molecule has 1 saturated heterocycles. The molecule has 9 nitrogen and oxygen atoms in total. The van der Waals surface area contributed by atoms with E-state index >= 15 is 0 Å². The van der Waals surface area contributed by atoms with Crippen LogP contribution in [0.4, 0.5) is 4.79 Å². The van der Waals surface area contributed by atoms with Crippen molar-refractivity contribution in [2.45, 2.75) is 78.2 Å². The molecule has 32 heavy (non-hydrogen) atoms. The minimum atomic E-state index is -4.02. The molecule has 0 bridgehead atoms. The Hall–Kier alpha value is -1.93. The summed E-state index contributed by atoms with van der Waals surface area (Å²) in [4.78, 5) is 26.3. The quantitative estimate of drug-likeness (QED) is 0.295. The Labute approximate surface area is 189 Å². The molecular formula is C22H34NO8P. The smallest absolute Gasteiger partial charge is 0.459 e. The molecule has 10 heteroatoms. The number of amides is 1. The number of carbonyl (C=O) groups excluding carboxylic acids is 2. The molecule has 0 aromatic heterocycles. The summed E-state index contributed by atoms with van der Waals surface area (Å²) < 4.78 is 39.7. The average Bonchev–Trinajstić information content (AvgIpc) is 3.13. The first-order valence-electron chi connectivity index (χ1n) is 10.6. The number of esters is 1. The minimum absolute atomic E-state index is 0.125. The Morgan fingerprint density at radius 3 is 2.16 bits per heavy atom. The Bertz CT molecular complexity index is 795. The van der Waals surface area contributed by atoms with E-state index in [1.165, 1.54) is 4.90 Å². The minimum Gasteiger partial charge on any atom is -0.459 e. The standard InChI is InChI=1S/C22H34NO8P/c1-21(2,3)30-32(26,31-22(4,5)6)29-16-28-20(25)23-14-10-13-18(23)19(24)27-15-17-11-8-7-9-12-17/h7-9,11-12,18H,10,13-16H2,1-6H3/t18-/m0/s1. The SMILES string of the molecule is CC(C)(C)OP(=O)(OCOC(=O)N1CCC[C@H]1C(=O)OCc1ccccc1)OC(C)(C)C. The summed E-state index contributed by atoms with van der Waals surface area (Å²) in [5, 5.41) is 0. The number of phosphoric ester groups is 1. The summed E-state index contributed by atoms with van der Waals surface area (Å²) in [6.07, 6.45) is 0.351. The molecule has 1 atom stereocenters. The van der Waals surface area contributed by atoms with Gasteiger partial charge in [-0.25, -0.2) is 18.7 Å². The van der Waals surface area contributed by atoms with E-state index in [0.717, 1.165) is 5.56 Å². The van der Waals surface area contributed by atoms with Crippen molar-refractivity contribution in [2.75, 3.05) is 13.3 Å². The van der Waals surface area contributed by atoms with Crippen molar-refractivity contribution < 1.29 is 37.2 Å². The van der Waals surface area contributed by atoms with Crippen molar-refractivity contribution in [1.82, 2.24) is 4.90 Å².